The summed E-state index contributed by atoms with van der Waals surface area (Å²) in [5.41, 5.74) is 7.00. The van der Waals surface area contributed by atoms with Gasteiger partial charge in [0.15, 0.2) is 23.8 Å². The van der Waals surface area contributed by atoms with Crippen LogP contribution < -0.4 is 10.6 Å². The summed E-state index contributed by atoms with van der Waals surface area (Å²) in [6.07, 6.45) is -7.00. The second-order valence-electron chi connectivity index (χ2n) is 9.15. The number of nitrogen functional groups attached to an aromatic ring is 1. The van der Waals surface area contributed by atoms with Gasteiger partial charge >= 0.3 is 12.1 Å². The Hall–Kier alpha value is -3.68. The van der Waals surface area contributed by atoms with Crippen LogP contribution in [0.4, 0.5) is 24.9 Å². The van der Waals surface area contributed by atoms with E-state index >= 15 is 0 Å². The number of likely N-dealkylation sites (N-methyl/N-ethyl adjacent to an activating group) is 1. The number of anilines is 2. The van der Waals surface area contributed by atoms with Crippen LogP contribution in [0.5, 0.6) is 0 Å². The summed E-state index contributed by atoms with van der Waals surface area (Å²) in [4.78, 5) is 28.0. The maximum atomic E-state index is 10.7. The highest BCUT2D eigenvalue weighted by atomic mass is 19.4. The lowest BCUT2D eigenvalue weighted by molar-refractivity contribution is -0.192. The standard InChI is InChI=1S/C18H27N11O3.C2HF3O2/c1-4-29-24-15(23-25-29)13-11(30)12(31)17(32-13)28-8-20-10-14(19)21-18(22-16(10)28)27-6-5-9(7-27)26(2)3;3-2(4,5)1(6)7/h8-9,11-13,17,30-31H,4-7H2,1-3H3,(H2,19,21,22);(H,6,7)/t9-,11+,12-,13+,17-;/m1./s1. The number of nitrogens with zero attached hydrogens (tertiary/aromatic N) is 10. The lowest BCUT2D eigenvalue weighted by atomic mass is 10.1. The van der Waals surface area contributed by atoms with Crippen molar-refractivity contribution < 1.29 is 38.0 Å². The molecule has 5 N–H and O–H groups in total. The molecule has 0 amide bonds. The normalized spacial score (nSPS) is 25.4. The largest absolute Gasteiger partial charge is 0.490 e. The van der Waals surface area contributed by atoms with Gasteiger partial charge in [-0.15, -0.1) is 10.2 Å². The lowest BCUT2D eigenvalue weighted by Crippen LogP contribution is -2.32. The van der Waals surface area contributed by atoms with E-state index in [1.807, 2.05) is 6.92 Å². The quantitative estimate of drug-likeness (QED) is 0.301. The van der Waals surface area contributed by atoms with Crippen LogP contribution in [0.15, 0.2) is 6.33 Å². The van der Waals surface area contributed by atoms with Gasteiger partial charge in [0.05, 0.1) is 12.9 Å². The number of aliphatic hydroxyl groups is 2. The number of tetrazole rings is 1. The Morgan fingerprint density at radius 3 is 2.51 bits per heavy atom. The summed E-state index contributed by atoms with van der Waals surface area (Å²) in [6, 6.07) is 0.403. The van der Waals surface area contributed by atoms with E-state index < -0.39 is 36.7 Å². The van der Waals surface area contributed by atoms with Gasteiger partial charge in [-0.05, 0) is 32.7 Å². The average molecular weight is 560 g/mol. The number of ether oxygens (including phenoxy) is 1. The number of imidazole rings is 1. The van der Waals surface area contributed by atoms with Gasteiger partial charge in [-0.3, -0.25) is 4.57 Å². The summed E-state index contributed by atoms with van der Waals surface area (Å²) >= 11 is 0. The monoisotopic (exact) mass is 559 g/mol. The molecule has 16 nitrogen and oxygen atoms in total. The number of aliphatic carboxylic acids is 1. The molecule has 2 saturated heterocycles. The average Bonchev–Trinajstić information content (AvgIpc) is 3.66. The predicted molar refractivity (Wildman–Crippen MR) is 126 cm³/mol. The van der Waals surface area contributed by atoms with Gasteiger partial charge in [0.2, 0.25) is 11.8 Å². The number of hydrogen-bond donors (Lipinski definition) is 4. The van der Waals surface area contributed by atoms with Crippen LogP contribution in [0.2, 0.25) is 0 Å². The van der Waals surface area contributed by atoms with Crippen LogP contribution in [0.25, 0.3) is 11.2 Å². The Morgan fingerprint density at radius 2 is 1.95 bits per heavy atom. The third kappa shape index (κ3) is 5.70. The number of hydrogen-bond acceptors (Lipinski definition) is 13. The van der Waals surface area contributed by atoms with Crippen LogP contribution in [0, 0.1) is 0 Å². The van der Waals surface area contributed by atoms with Crippen LogP contribution in [-0.2, 0) is 16.1 Å². The van der Waals surface area contributed by atoms with E-state index in [-0.39, 0.29) is 11.6 Å². The number of aliphatic hydroxyl groups excluding tert-OH is 2. The van der Waals surface area contributed by atoms with Crippen LogP contribution in [-0.4, -0.2) is 118 Å². The van der Waals surface area contributed by atoms with Crippen LogP contribution in [0.1, 0.15) is 31.5 Å². The number of rotatable bonds is 5. The van der Waals surface area contributed by atoms with Crippen LogP contribution in [0.3, 0.4) is 0 Å². The summed E-state index contributed by atoms with van der Waals surface area (Å²) in [6.45, 7) is 3.99. The molecule has 5 heterocycles. The first-order valence-electron chi connectivity index (χ1n) is 11.8. The molecular formula is C20H28F3N11O5. The Labute approximate surface area is 218 Å². The second-order valence-corrected chi connectivity index (χ2v) is 9.15. The van der Waals surface area contributed by atoms with Crippen molar-refractivity contribution in [2.45, 2.75) is 56.6 Å². The molecule has 19 heteroatoms. The zero-order valence-corrected chi connectivity index (χ0v) is 21.1. The van der Waals surface area contributed by atoms with Crippen molar-refractivity contribution in [2.24, 2.45) is 0 Å². The van der Waals surface area contributed by atoms with E-state index in [0.717, 1.165) is 19.5 Å². The van der Waals surface area contributed by atoms with Gasteiger partial charge in [-0.2, -0.15) is 27.9 Å². The van der Waals surface area contributed by atoms with Crippen molar-refractivity contribution in [1.82, 2.24) is 44.6 Å². The molecule has 0 bridgehead atoms. The van der Waals surface area contributed by atoms with E-state index in [4.69, 9.17) is 20.4 Å². The minimum atomic E-state index is -5.08. The van der Waals surface area contributed by atoms with Crippen molar-refractivity contribution in [2.75, 3.05) is 37.8 Å². The first-order chi connectivity index (χ1) is 18.3. The minimum Gasteiger partial charge on any atom is -0.475 e. The smallest absolute Gasteiger partial charge is 0.475 e. The first kappa shape index (κ1) is 28.3. The lowest BCUT2D eigenvalue weighted by Gasteiger charge is -2.21. The molecule has 0 unspecified atom stereocenters. The number of aromatic nitrogens is 8. The Balaban J connectivity index is 0.000000448. The Morgan fingerprint density at radius 1 is 1.26 bits per heavy atom. The molecule has 3 aromatic rings. The molecule has 3 aromatic heterocycles. The fourth-order valence-corrected chi connectivity index (χ4v) is 4.21. The second kappa shape index (κ2) is 10.8. The zero-order chi connectivity index (χ0) is 28.6. The van der Waals surface area contributed by atoms with Gasteiger partial charge < -0.3 is 35.6 Å². The van der Waals surface area contributed by atoms with Crippen molar-refractivity contribution in [1.29, 1.82) is 0 Å². The Kier molecular flexibility index (Phi) is 7.87. The molecular weight excluding hydrogens is 531 g/mol. The number of carboxylic acids is 1. The summed E-state index contributed by atoms with van der Waals surface area (Å²) in [5.74, 6) is -1.81. The van der Waals surface area contributed by atoms with Crippen molar-refractivity contribution in [3.63, 3.8) is 0 Å². The molecule has 5 rings (SSSR count). The van der Waals surface area contributed by atoms with E-state index in [2.05, 4.69) is 54.3 Å². The third-order valence-corrected chi connectivity index (χ3v) is 6.37. The molecule has 0 saturated carbocycles. The number of carboxylic acid groups (broad SMARTS) is 1. The predicted octanol–water partition coefficient (Wildman–Crippen LogP) is -0.820. The molecule has 0 spiro atoms. The molecule has 2 aliphatic rings. The first-order valence-corrected chi connectivity index (χ1v) is 11.8. The molecule has 2 fully saturated rings. The van der Waals surface area contributed by atoms with E-state index in [9.17, 15) is 23.4 Å². The minimum absolute atomic E-state index is 0.201. The molecule has 0 aromatic carbocycles. The number of carbonyl (C=O) groups is 1. The molecule has 39 heavy (non-hydrogen) atoms. The molecule has 2 aliphatic heterocycles. The van der Waals surface area contributed by atoms with Crippen molar-refractivity contribution in [3.8, 4) is 0 Å². The summed E-state index contributed by atoms with van der Waals surface area (Å²) in [5, 5.41) is 40.5. The highest BCUT2D eigenvalue weighted by molar-refractivity contribution is 5.83. The van der Waals surface area contributed by atoms with Gasteiger partial charge in [-0.1, -0.05) is 0 Å². The van der Waals surface area contributed by atoms with Gasteiger partial charge in [0, 0.05) is 19.1 Å². The van der Waals surface area contributed by atoms with E-state index in [1.54, 1.807) is 4.57 Å². The van der Waals surface area contributed by atoms with Crippen molar-refractivity contribution >= 4 is 28.9 Å². The van der Waals surface area contributed by atoms with Gasteiger partial charge in [0.1, 0.15) is 17.7 Å². The topological polar surface area (TPSA) is 207 Å². The van der Waals surface area contributed by atoms with Gasteiger partial charge in [0.25, 0.3) is 0 Å². The highest BCUT2D eigenvalue weighted by Crippen LogP contribution is 2.39. The molecule has 0 aliphatic carbocycles. The summed E-state index contributed by atoms with van der Waals surface area (Å²) in [7, 11) is 4.10. The maximum Gasteiger partial charge on any atom is 0.490 e. The van der Waals surface area contributed by atoms with Crippen LogP contribution >= 0.6 is 0 Å². The Bertz CT molecular complexity index is 1320. The molecule has 0 radical (unpaired) electrons. The fraction of sp³-hybridized carbons (Fsp3) is 0.650. The SMILES string of the molecule is CCn1nnc([C@H]2O[C@@H](n3cnc4c(N)nc(N5CC[C@@H](N(C)C)C5)nc43)[C@H](O)[C@@H]2O)n1.O=C(O)C(F)(F)F. The maximum absolute atomic E-state index is 10.7. The molecule has 5 atom stereocenters. The molecule has 214 valence electrons. The third-order valence-electron chi connectivity index (χ3n) is 6.37. The van der Waals surface area contributed by atoms with E-state index in [1.165, 1.54) is 11.1 Å². The van der Waals surface area contributed by atoms with Crippen molar-refractivity contribution in [3.05, 3.63) is 12.2 Å². The number of halogens is 3. The number of alkyl halides is 3. The fourth-order valence-electron chi connectivity index (χ4n) is 4.21. The summed E-state index contributed by atoms with van der Waals surface area (Å²) < 4.78 is 39.3. The number of aryl methyl sites for hydroxylation is 1. The van der Waals surface area contributed by atoms with Gasteiger partial charge in [-0.25, -0.2) is 9.78 Å². The highest BCUT2D eigenvalue weighted by Gasteiger charge is 2.47. The zero-order valence-electron chi connectivity index (χ0n) is 21.1. The number of fused-ring (bicyclic) bond motifs is 1. The van der Waals surface area contributed by atoms with E-state index in [0.29, 0.717) is 29.7 Å². The number of nitrogens with two attached hydrogens (primary N) is 1.